The Morgan fingerprint density at radius 1 is 1.20 bits per heavy atom. The number of nitrogens with zero attached hydrogens (tertiary/aromatic N) is 2. The molecule has 0 bridgehead atoms. The number of likely N-dealkylation sites (N-methyl/N-ethyl adjacent to an activating group) is 1. The number of amides is 2. The maximum atomic E-state index is 11.5. The predicted octanol–water partition coefficient (Wildman–Crippen LogP) is -2.17. The Morgan fingerprint density at radius 2 is 1.60 bits per heavy atom. The molecule has 0 aromatic carbocycles. The molecule has 1 N–H and O–H groups in total. The van der Waals surface area contributed by atoms with Gasteiger partial charge in [0, 0.05) is 21.1 Å². The second-order valence-corrected chi connectivity index (χ2v) is 3.81. The van der Waals surface area contributed by atoms with Crippen molar-refractivity contribution in [2.24, 2.45) is 5.92 Å². The van der Waals surface area contributed by atoms with Crippen LogP contribution in [0.5, 0.6) is 0 Å². The van der Waals surface area contributed by atoms with Crippen LogP contribution in [-0.2, 0) is 4.79 Å². The van der Waals surface area contributed by atoms with Gasteiger partial charge >= 0.3 is 30.9 Å². The quantitative estimate of drug-likeness (QED) is 0.539. The third kappa shape index (κ3) is 4.58. The third-order valence-electron chi connectivity index (χ3n) is 1.99. The monoisotopic (exact) mass is 210 g/mol. The van der Waals surface area contributed by atoms with Crippen molar-refractivity contribution in [1.29, 1.82) is 0 Å². The average molecular weight is 210 g/mol. The van der Waals surface area contributed by atoms with Crippen molar-refractivity contribution in [2.75, 3.05) is 21.1 Å². The van der Waals surface area contributed by atoms with E-state index in [1.807, 2.05) is 0 Å². The molecule has 0 aromatic rings. The Morgan fingerprint density at radius 3 is 1.80 bits per heavy atom. The van der Waals surface area contributed by atoms with Crippen molar-refractivity contribution >= 4 is 12.0 Å². The summed E-state index contributed by atoms with van der Waals surface area (Å²) in [6, 6.07) is -1.07. The van der Waals surface area contributed by atoms with Crippen LogP contribution in [0.15, 0.2) is 0 Å². The number of hydrogen-bond donors (Lipinski definition) is 1. The summed E-state index contributed by atoms with van der Waals surface area (Å²) in [5, 5.41) is 8.93. The van der Waals surface area contributed by atoms with Crippen LogP contribution in [0.4, 0.5) is 4.79 Å². The van der Waals surface area contributed by atoms with E-state index in [2.05, 4.69) is 0 Å². The van der Waals surface area contributed by atoms with Crippen molar-refractivity contribution in [2.45, 2.75) is 19.9 Å². The minimum Gasteiger partial charge on any atom is -1.00 e. The van der Waals surface area contributed by atoms with Crippen LogP contribution in [0.2, 0.25) is 0 Å². The molecule has 0 heterocycles. The Labute approximate surface area is 104 Å². The summed E-state index contributed by atoms with van der Waals surface area (Å²) in [6.07, 6.45) is 0. The second kappa shape index (κ2) is 6.75. The number of hydrogen-bond acceptors (Lipinski definition) is 2. The molecule has 0 saturated carbocycles. The van der Waals surface area contributed by atoms with Gasteiger partial charge in [-0.25, -0.2) is 9.59 Å². The number of rotatable bonds is 3. The molecule has 1 atom stereocenters. The van der Waals surface area contributed by atoms with Crippen LogP contribution in [0.3, 0.4) is 0 Å². The molecule has 0 spiro atoms. The van der Waals surface area contributed by atoms with E-state index >= 15 is 0 Å². The molecule has 5 nitrogen and oxygen atoms in total. The summed E-state index contributed by atoms with van der Waals surface area (Å²) in [7, 11) is 4.69. The summed E-state index contributed by atoms with van der Waals surface area (Å²) < 4.78 is 0. The van der Waals surface area contributed by atoms with Crippen LogP contribution < -0.4 is 18.9 Å². The Bertz CT molecular complexity index is 237. The van der Waals surface area contributed by atoms with Gasteiger partial charge in [-0.05, 0) is 5.92 Å². The van der Waals surface area contributed by atoms with Crippen molar-refractivity contribution in [3.05, 3.63) is 0 Å². The van der Waals surface area contributed by atoms with Crippen LogP contribution in [-0.4, -0.2) is 54.1 Å². The van der Waals surface area contributed by atoms with Crippen LogP contribution in [0.1, 0.15) is 15.3 Å². The van der Waals surface area contributed by atoms with Crippen molar-refractivity contribution in [3.63, 3.8) is 0 Å². The molecule has 0 aromatic heterocycles. The zero-order chi connectivity index (χ0) is 11.5. The van der Waals surface area contributed by atoms with Gasteiger partial charge in [-0.15, -0.1) is 0 Å². The fourth-order valence-corrected chi connectivity index (χ4v) is 1.33. The fraction of sp³-hybridized carbons (Fsp3) is 0.778. The second-order valence-electron chi connectivity index (χ2n) is 3.81. The van der Waals surface area contributed by atoms with E-state index in [1.54, 1.807) is 27.9 Å². The number of urea groups is 1. The van der Waals surface area contributed by atoms with Gasteiger partial charge in [0.25, 0.3) is 0 Å². The molecular weight excluding hydrogens is 191 g/mol. The van der Waals surface area contributed by atoms with E-state index in [1.165, 1.54) is 16.8 Å². The van der Waals surface area contributed by atoms with Crippen LogP contribution in [0.25, 0.3) is 0 Å². The molecule has 0 rings (SSSR count). The van der Waals surface area contributed by atoms with Gasteiger partial charge in [-0.3, -0.25) is 0 Å². The van der Waals surface area contributed by atoms with Gasteiger partial charge in [0.2, 0.25) is 0 Å². The number of carbonyl (C=O) groups is 2. The first-order valence-corrected chi connectivity index (χ1v) is 4.46. The van der Waals surface area contributed by atoms with Crippen molar-refractivity contribution in [3.8, 4) is 0 Å². The molecular formula is C9H19LiN2O3. The summed E-state index contributed by atoms with van der Waals surface area (Å²) in [5.41, 5.74) is 0. The number of carbonyl (C=O) groups excluding carboxylic acids is 1. The molecule has 0 saturated heterocycles. The smallest absolute Gasteiger partial charge is 1.00 e. The molecule has 0 radical (unpaired) electrons. The first kappa shape index (κ1) is 16.8. The summed E-state index contributed by atoms with van der Waals surface area (Å²) in [5.74, 6) is -1.08. The molecule has 0 fully saturated rings. The maximum absolute atomic E-state index is 11.5. The molecule has 0 unspecified atom stereocenters. The third-order valence-corrected chi connectivity index (χ3v) is 1.99. The zero-order valence-corrected chi connectivity index (χ0v) is 10.3. The van der Waals surface area contributed by atoms with E-state index in [0.29, 0.717) is 0 Å². The van der Waals surface area contributed by atoms with Gasteiger partial charge in [0.05, 0.1) is 0 Å². The summed E-state index contributed by atoms with van der Waals surface area (Å²) in [6.45, 7) is 3.55. The largest absolute Gasteiger partial charge is 1.00 e. The molecule has 6 heteroatoms. The number of carboxylic acid groups (broad SMARTS) is 1. The number of aliphatic carboxylic acids is 1. The number of carboxylic acids is 1. The van der Waals surface area contributed by atoms with E-state index in [4.69, 9.17) is 5.11 Å². The fourth-order valence-electron chi connectivity index (χ4n) is 1.33. The minimum absolute atomic E-state index is 0. The van der Waals surface area contributed by atoms with Crippen molar-refractivity contribution in [1.82, 2.24) is 9.80 Å². The Hall–Kier alpha value is -0.663. The Balaban J connectivity index is -0.000000845. The molecule has 84 valence electrons. The first-order chi connectivity index (χ1) is 6.29. The predicted molar refractivity (Wildman–Crippen MR) is 54.2 cm³/mol. The summed E-state index contributed by atoms with van der Waals surface area (Å²) in [4.78, 5) is 25.0. The van der Waals surface area contributed by atoms with Crippen molar-refractivity contribution < 1.29 is 35.0 Å². The van der Waals surface area contributed by atoms with E-state index in [9.17, 15) is 9.59 Å². The SMILES string of the molecule is CC(C)[C@@H](C(=O)O)N(C)C(=O)N(C)C.[H-].[Li+]. The van der Waals surface area contributed by atoms with E-state index < -0.39 is 12.0 Å². The maximum Gasteiger partial charge on any atom is 1.00 e. The van der Waals surface area contributed by atoms with Crippen LogP contribution in [0, 0.1) is 5.92 Å². The molecule has 2 amide bonds. The minimum atomic E-state index is -0.974. The molecule has 0 aliphatic heterocycles. The molecule has 0 aliphatic rings. The van der Waals surface area contributed by atoms with Crippen LogP contribution >= 0.6 is 0 Å². The average Bonchev–Trinajstić information content (AvgIpc) is 2.01. The van der Waals surface area contributed by atoms with E-state index in [0.717, 1.165) is 0 Å². The van der Waals surface area contributed by atoms with Gasteiger partial charge in [-0.2, -0.15) is 0 Å². The molecule has 0 aliphatic carbocycles. The van der Waals surface area contributed by atoms with Gasteiger partial charge in [0.15, 0.2) is 0 Å². The molecule has 15 heavy (non-hydrogen) atoms. The van der Waals surface area contributed by atoms with E-state index in [-0.39, 0.29) is 32.2 Å². The van der Waals surface area contributed by atoms with Gasteiger partial charge in [-0.1, -0.05) is 13.8 Å². The summed E-state index contributed by atoms with van der Waals surface area (Å²) >= 11 is 0. The Kier molecular flexibility index (Phi) is 7.54. The normalized spacial score (nSPS) is 11.6. The standard InChI is InChI=1S/C9H18N2O3.Li.H/c1-6(2)7(8(12)13)11(5)9(14)10(3)4;;/h6-7H,1-5H3,(H,12,13);;/q;+1;-1/t7-;;/m0../s1. The van der Waals surface area contributed by atoms with Gasteiger partial charge < -0.3 is 16.3 Å². The van der Waals surface area contributed by atoms with Gasteiger partial charge in [0.1, 0.15) is 6.04 Å². The zero-order valence-electron chi connectivity index (χ0n) is 11.3. The topological polar surface area (TPSA) is 60.9 Å². The first-order valence-electron chi connectivity index (χ1n) is 4.46.